The van der Waals surface area contributed by atoms with E-state index in [4.69, 9.17) is 10.5 Å². The van der Waals surface area contributed by atoms with E-state index in [0.717, 1.165) is 11.3 Å². The molecule has 0 fully saturated rings. The lowest BCUT2D eigenvalue weighted by molar-refractivity contribution is 0.357. The molecule has 1 aliphatic rings. The van der Waals surface area contributed by atoms with Gasteiger partial charge in [0.05, 0.1) is 5.71 Å². The summed E-state index contributed by atoms with van der Waals surface area (Å²) in [4.78, 5) is 16.3. The first-order valence-corrected chi connectivity index (χ1v) is 5.06. The average molecular weight is 227 g/mol. The van der Waals surface area contributed by atoms with Gasteiger partial charge in [0.2, 0.25) is 5.88 Å². The number of aliphatic imine (C=N–C) groups is 1. The van der Waals surface area contributed by atoms with Gasteiger partial charge >= 0.3 is 0 Å². The van der Waals surface area contributed by atoms with Gasteiger partial charge in [-0.3, -0.25) is 4.98 Å². The lowest BCUT2D eigenvalue weighted by atomic mass is 10.2. The Morgan fingerprint density at radius 1 is 1.29 bits per heavy atom. The van der Waals surface area contributed by atoms with Crippen LogP contribution in [0.25, 0.3) is 0 Å². The Kier molecular flexibility index (Phi) is 2.18. The van der Waals surface area contributed by atoms with Crippen molar-refractivity contribution in [3.63, 3.8) is 0 Å². The molecule has 0 unspecified atom stereocenters. The molecule has 17 heavy (non-hydrogen) atoms. The van der Waals surface area contributed by atoms with Gasteiger partial charge in [0.15, 0.2) is 11.5 Å². The molecule has 0 bridgehead atoms. The summed E-state index contributed by atoms with van der Waals surface area (Å²) in [7, 11) is 0. The zero-order valence-electron chi connectivity index (χ0n) is 8.87. The molecule has 3 rings (SSSR count). The van der Waals surface area contributed by atoms with E-state index >= 15 is 0 Å². The zero-order valence-corrected chi connectivity index (χ0v) is 8.87. The normalized spacial score (nSPS) is 13.5. The summed E-state index contributed by atoms with van der Waals surface area (Å²) in [5, 5.41) is 0. The predicted octanol–water partition coefficient (Wildman–Crippen LogP) is 0.967. The number of fused-ring (bicyclic) bond motifs is 1. The summed E-state index contributed by atoms with van der Waals surface area (Å²) in [5.41, 5.74) is 7.89. The Balaban J connectivity index is 2.09. The molecule has 2 N–H and O–H groups in total. The van der Waals surface area contributed by atoms with Crippen LogP contribution < -0.4 is 10.5 Å². The molecule has 0 atom stereocenters. The van der Waals surface area contributed by atoms with Crippen molar-refractivity contribution in [2.75, 3.05) is 12.3 Å². The van der Waals surface area contributed by atoms with Crippen LogP contribution in [0.15, 0.2) is 35.8 Å². The maximum absolute atomic E-state index is 5.73. The van der Waals surface area contributed by atoms with Gasteiger partial charge < -0.3 is 10.5 Å². The summed E-state index contributed by atoms with van der Waals surface area (Å²) in [6.07, 6.45) is 4.80. The minimum atomic E-state index is 0.316. The molecule has 6 nitrogen and oxygen atoms in total. The van der Waals surface area contributed by atoms with Crippen LogP contribution in [0.3, 0.4) is 0 Å². The van der Waals surface area contributed by atoms with E-state index in [-0.39, 0.29) is 0 Å². The second-order valence-electron chi connectivity index (χ2n) is 3.50. The highest BCUT2D eigenvalue weighted by Crippen LogP contribution is 2.32. The molecule has 1 aliphatic heterocycles. The van der Waals surface area contributed by atoms with Gasteiger partial charge in [-0.25, -0.2) is 9.98 Å². The first kappa shape index (κ1) is 9.71. The van der Waals surface area contributed by atoms with Crippen LogP contribution >= 0.6 is 0 Å². The molecule has 2 aromatic rings. The Morgan fingerprint density at radius 3 is 3.06 bits per heavy atom. The van der Waals surface area contributed by atoms with E-state index in [9.17, 15) is 0 Å². The molecule has 0 saturated carbocycles. The van der Waals surface area contributed by atoms with Crippen molar-refractivity contribution in [2.45, 2.75) is 0 Å². The van der Waals surface area contributed by atoms with Gasteiger partial charge in [0, 0.05) is 18.0 Å². The highest BCUT2D eigenvalue weighted by atomic mass is 16.5. The van der Waals surface area contributed by atoms with Crippen molar-refractivity contribution < 1.29 is 4.74 Å². The number of nitrogen functional groups attached to an aromatic ring is 1. The van der Waals surface area contributed by atoms with Gasteiger partial charge in [0.1, 0.15) is 12.9 Å². The molecular formula is C11H9N5O. The summed E-state index contributed by atoms with van der Waals surface area (Å²) < 4.78 is 5.48. The fraction of sp³-hybridized carbons (Fsp3) is 0.0909. The number of hydrogen-bond donors (Lipinski definition) is 1. The van der Waals surface area contributed by atoms with Crippen molar-refractivity contribution in [2.24, 2.45) is 4.99 Å². The molecule has 0 radical (unpaired) electrons. The molecule has 0 spiro atoms. The van der Waals surface area contributed by atoms with E-state index in [0.29, 0.717) is 24.0 Å². The van der Waals surface area contributed by atoms with Crippen LogP contribution in [-0.2, 0) is 0 Å². The third-order valence-corrected chi connectivity index (χ3v) is 2.40. The smallest absolute Gasteiger partial charge is 0.245 e. The quantitative estimate of drug-likeness (QED) is 0.784. The van der Waals surface area contributed by atoms with E-state index in [1.165, 1.54) is 6.33 Å². The first-order valence-electron chi connectivity index (χ1n) is 5.06. The van der Waals surface area contributed by atoms with Crippen molar-refractivity contribution in [3.8, 4) is 5.88 Å². The van der Waals surface area contributed by atoms with Crippen LogP contribution in [-0.4, -0.2) is 27.3 Å². The van der Waals surface area contributed by atoms with Crippen LogP contribution in [0.1, 0.15) is 5.56 Å². The minimum Gasteiger partial charge on any atom is -0.469 e. The second-order valence-corrected chi connectivity index (χ2v) is 3.50. The van der Waals surface area contributed by atoms with Gasteiger partial charge in [-0.05, 0) is 12.1 Å². The van der Waals surface area contributed by atoms with Crippen LogP contribution in [0.4, 0.5) is 11.5 Å². The van der Waals surface area contributed by atoms with Gasteiger partial charge in [-0.1, -0.05) is 0 Å². The molecule has 2 aromatic heterocycles. The predicted molar refractivity (Wildman–Crippen MR) is 62.4 cm³/mol. The Bertz CT molecular complexity index is 582. The molecule has 0 saturated heterocycles. The zero-order chi connectivity index (χ0) is 11.7. The number of rotatable bonds is 1. The maximum Gasteiger partial charge on any atom is 0.245 e. The Labute approximate surface area is 97.2 Å². The number of nitrogens with two attached hydrogens (primary N) is 1. The third-order valence-electron chi connectivity index (χ3n) is 2.40. The molecule has 0 aliphatic carbocycles. The highest BCUT2D eigenvalue weighted by molar-refractivity contribution is 6.04. The van der Waals surface area contributed by atoms with Gasteiger partial charge in [-0.2, -0.15) is 4.98 Å². The average Bonchev–Trinajstić information content (AvgIpc) is 2.40. The lowest BCUT2D eigenvalue weighted by Gasteiger charge is -2.16. The molecule has 0 amide bonds. The lowest BCUT2D eigenvalue weighted by Crippen LogP contribution is -2.18. The number of ether oxygens (including phenoxy) is 1. The standard InChI is InChI=1S/C11H9N5O/c12-10-9-11(15-6-14-10)17-5-8(16-9)7-2-1-3-13-4-7/h1-4,6H,5H2,(H2,12,14,15). The van der Waals surface area contributed by atoms with Crippen molar-refractivity contribution in [3.05, 3.63) is 36.4 Å². The molecule has 3 heterocycles. The summed E-state index contributed by atoms with van der Waals surface area (Å²) >= 11 is 0. The van der Waals surface area contributed by atoms with E-state index < -0.39 is 0 Å². The molecule has 6 heteroatoms. The molecule has 0 aromatic carbocycles. The van der Waals surface area contributed by atoms with E-state index in [1.807, 2.05) is 12.1 Å². The number of pyridine rings is 1. The number of aromatic nitrogens is 3. The fourth-order valence-electron chi connectivity index (χ4n) is 1.57. The second kappa shape index (κ2) is 3.82. The fourth-order valence-corrected chi connectivity index (χ4v) is 1.57. The van der Waals surface area contributed by atoms with Crippen molar-refractivity contribution in [1.82, 2.24) is 15.0 Å². The molecular weight excluding hydrogens is 218 g/mol. The van der Waals surface area contributed by atoms with Crippen LogP contribution in [0.5, 0.6) is 5.88 Å². The maximum atomic E-state index is 5.73. The SMILES string of the molecule is Nc1ncnc2c1N=C(c1cccnc1)CO2. The summed E-state index contributed by atoms with van der Waals surface area (Å²) in [6.45, 7) is 0.356. The number of hydrogen-bond acceptors (Lipinski definition) is 6. The first-order chi connectivity index (χ1) is 8.34. The van der Waals surface area contributed by atoms with E-state index in [2.05, 4.69) is 19.9 Å². The Hall–Kier alpha value is -2.50. The monoisotopic (exact) mass is 227 g/mol. The highest BCUT2D eigenvalue weighted by Gasteiger charge is 2.18. The Morgan fingerprint density at radius 2 is 2.24 bits per heavy atom. The van der Waals surface area contributed by atoms with Crippen LogP contribution in [0.2, 0.25) is 0 Å². The van der Waals surface area contributed by atoms with E-state index in [1.54, 1.807) is 12.4 Å². The minimum absolute atomic E-state index is 0.316. The third kappa shape index (κ3) is 1.69. The van der Waals surface area contributed by atoms with Gasteiger partial charge in [0.25, 0.3) is 0 Å². The molecule has 84 valence electrons. The number of nitrogens with zero attached hydrogens (tertiary/aromatic N) is 4. The largest absolute Gasteiger partial charge is 0.469 e. The van der Waals surface area contributed by atoms with Crippen molar-refractivity contribution in [1.29, 1.82) is 0 Å². The van der Waals surface area contributed by atoms with Crippen LogP contribution in [0, 0.1) is 0 Å². The summed E-state index contributed by atoms with van der Waals surface area (Å²) in [5.74, 6) is 0.737. The topological polar surface area (TPSA) is 86.3 Å². The number of anilines is 1. The van der Waals surface area contributed by atoms with Gasteiger partial charge in [-0.15, -0.1) is 0 Å². The van der Waals surface area contributed by atoms with Crippen molar-refractivity contribution >= 4 is 17.2 Å². The summed E-state index contributed by atoms with van der Waals surface area (Å²) in [6, 6.07) is 3.76.